The SMILES string of the molecule is C[C@]12CCC[C@@H]1[C@@H]1CC[C@H]3CCCC[C@]3(C)[C@@H]1[C@@H](O)C2. The summed E-state index contributed by atoms with van der Waals surface area (Å²) in [5, 5.41) is 11.0. The fraction of sp³-hybridized carbons (Fsp3) is 1.00. The van der Waals surface area contributed by atoms with Crippen LogP contribution in [-0.4, -0.2) is 11.2 Å². The highest BCUT2D eigenvalue weighted by atomic mass is 16.3. The van der Waals surface area contributed by atoms with Crippen LogP contribution in [-0.2, 0) is 0 Å². The van der Waals surface area contributed by atoms with Gasteiger partial charge in [-0.2, -0.15) is 0 Å². The predicted octanol–water partition coefficient (Wildman–Crippen LogP) is 4.78. The largest absolute Gasteiger partial charge is 0.393 e. The lowest BCUT2D eigenvalue weighted by Gasteiger charge is -2.61. The molecule has 114 valence electrons. The van der Waals surface area contributed by atoms with Crippen molar-refractivity contribution < 1.29 is 5.11 Å². The minimum Gasteiger partial charge on any atom is -0.393 e. The van der Waals surface area contributed by atoms with E-state index < -0.39 is 0 Å². The molecule has 7 atom stereocenters. The van der Waals surface area contributed by atoms with Crippen LogP contribution in [0, 0.1) is 34.5 Å². The molecule has 1 nitrogen and oxygen atoms in total. The summed E-state index contributed by atoms with van der Waals surface area (Å²) in [4.78, 5) is 0. The zero-order valence-electron chi connectivity index (χ0n) is 13.4. The molecule has 0 aromatic rings. The highest BCUT2D eigenvalue weighted by molar-refractivity contribution is 5.09. The van der Waals surface area contributed by atoms with E-state index in [-0.39, 0.29) is 6.10 Å². The molecule has 0 bridgehead atoms. The Morgan fingerprint density at radius 1 is 0.900 bits per heavy atom. The van der Waals surface area contributed by atoms with Crippen LogP contribution in [0.5, 0.6) is 0 Å². The Bertz CT molecular complexity index is 391. The zero-order valence-corrected chi connectivity index (χ0v) is 13.4. The molecule has 0 radical (unpaired) electrons. The molecule has 4 rings (SSSR count). The number of hydrogen-bond acceptors (Lipinski definition) is 1. The quantitative estimate of drug-likeness (QED) is 0.675. The summed E-state index contributed by atoms with van der Waals surface area (Å²) in [6, 6.07) is 0. The summed E-state index contributed by atoms with van der Waals surface area (Å²) in [5.41, 5.74) is 0.933. The zero-order chi connectivity index (χ0) is 14.0. The second-order valence-electron chi connectivity index (χ2n) is 9.14. The van der Waals surface area contributed by atoms with Gasteiger partial charge in [-0.15, -0.1) is 0 Å². The monoisotopic (exact) mass is 276 g/mol. The van der Waals surface area contributed by atoms with Gasteiger partial charge in [-0.3, -0.25) is 0 Å². The molecule has 1 heteroatoms. The summed E-state index contributed by atoms with van der Waals surface area (Å²) in [7, 11) is 0. The lowest BCUT2D eigenvalue weighted by atomic mass is 9.44. The molecule has 4 aliphatic carbocycles. The van der Waals surface area contributed by atoms with Crippen molar-refractivity contribution in [1.82, 2.24) is 0 Å². The van der Waals surface area contributed by atoms with Crippen molar-refractivity contribution in [2.45, 2.75) is 84.2 Å². The van der Waals surface area contributed by atoms with Crippen LogP contribution in [0.2, 0.25) is 0 Å². The molecule has 0 heterocycles. The number of aliphatic hydroxyl groups is 1. The van der Waals surface area contributed by atoms with Gasteiger partial charge in [-0.05, 0) is 79.4 Å². The molecular weight excluding hydrogens is 244 g/mol. The van der Waals surface area contributed by atoms with Crippen LogP contribution in [0.25, 0.3) is 0 Å². The van der Waals surface area contributed by atoms with Gasteiger partial charge in [0, 0.05) is 0 Å². The van der Waals surface area contributed by atoms with Crippen LogP contribution < -0.4 is 0 Å². The van der Waals surface area contributed by atoms with Crippen molar-refractivity contribution in [3.63, 3.8) is 0 Å². The first-order chi connectivity index (χ1) is 9.55. The highest BCUT2D eigenvalue weighted by Crippen LogP contribution is 2.66. The molecular formula is C19H32O. The third-order valence-corrected chi connectivity index (χ3v) is 8.29. The molecule has 4 fully saturated rings. The van der Waals surface area contributed by atoms with Crippen LogP contribution >= 0.6 is 0 Å². The lowest BCUT2D eigenvalue weighted by Crippen LogP contribution is -2.57. The van der Waals surface area contributed by atoms with Gasteiger partial charge >= 0.3 is 0 Å². The Morgan fingerprint density at radius 2 is 1.75 bits per heavy atom. The second-order valence-corrected chi connectivity index (χ2v) is 9.14. The number of rotatable bonds is 0. The molecule has 0 aromatic heterocycles. The molecule has 4 saturated carbocycles. The summed E-state index contributed by atoms with van der Waals surface area (Å²) < 4.78 is 0. The average molecular weight is 276 g/mol. The molecule has 0 aliphatic heterocycles. The van der Waals surface area contributed by atoms with Crippen molar-refractivity contribution in [3.05, 3.63) is 0 Å². The summed E-state index contributed by atoms with van der Waals surface area (Å²) in [6.07, 6.45) is 13.9. The molecule has 0 unspecified atom stereocenters. The Balaban J connectivity index is 1.69. The van der Waals surface area contributed by atoms with Gasteiger partial charge in [-0.25, -0.2) is 0 Å². The van der Waals surface area contributed by atoms with Crippen molar-refractivity contribution in [2.24, 2.45) is 34.5 Å². The van der Waals surface area contributed by atoms with E-state index in [9.17, 15) is 5.11 Å². The Hall–Kier alpha value is -0.0400. The van der Waals surface area contributed by atoms with E-state index >= 15 is 0 Å². The van der Waals surface area contributed by atoms with Crippen LogP contribution in [0.15, 0.2) is 0 Å². The topological polar surface area (TPSA) is 20.2 Å². The van der Waals surface area contributed by atoms with E-state index in [1.165, 1.54) is 57.8 Å². The van der Waals surface area contributed by atoms with E-state index in [1.807, 2.05) is 0 Å². The maximum Gasteiger partial charge on any atom is 0.0581 e. The first kappa shape index (κ1) is 13.6. The first-order valence-electron chi connectivity index (χ1n) is 9.23. The minimum absolute atomic E-state index is 0.00903. The van der Waals surface area contributed by atoms with Crippen molar-refractivity contribution in [2.75, 3.05) is 0 Å². The van der Waals surface area contributed by atoms with Crippen LogP contribution in [0.3, 0.4) is 0 Å². The van der Waals surface area contributed by atoms with E-state index in [0.717, 1.165) is 24.2 Å². The maximum absolute atomic E-state index is 11.0. The van der Waals surface area contributed by atoms with Gasteiger partial charge in [0.25, 0.3) is 0 Å². The minimum atomic E-state index is -0.00903. The Morgan fingerprint density at radius 3 is 2.60 bits per heavy atom. The maximum atomic E-state index is 11.0. The molecule has 0 spiro atoms. The molecule has 0 aromatic carbocycles. The normalized spacial score (nSPS) is 58.6. The van der Waals surface area contributed by atoms with E-state index in [0.29, 0.717) is 16.7 Å². The van der Waals surface area contributed by atoms with E-state index in [4.69, 9.17) is 0 Å². The van der Waals surface area contributed by atoms with E-state index in [1.54, 1.807) is 0 Å². The van der Waals surface area contributed by atoms with Gasteiger partial charge in [0.15, 0.2) is 0 Å². The third-order valence-electron chi connectivity index (χ3n) is 8.29. The molecule has 4 aliphatic rings. The fourth-order valence-electron chi connectivity index (χ4n) is 7.43. The summed E-state index contributed by atoms with van der Waals surface area (Å²) >= 11 is 0. The molecule has 1 N–H and O–H groups in total. The van der Waals surface area contributed by atoms with Gasteiger partial charge < -0.3 is 5.11 Å². The first-order valence-corrected chi connectivity index (χ1v) is 9.23. The number of hydrogen-bond donors (Lipinski definition) is 1. The van der Waals surface area contributed by atoms with Crippen molar-refractivity contribution in [1.29, 1.82) is 0 Å². The summed E-state index contributed by atoms with van der Waals surface area (Å²) in [6.45, 7) is 5.04. The lowest BCUT2D eigenvalue weighted by molar-refractivity contribution is -0.162. The molecule has 20 heavy (non-hydrogen) atoms. The van der Waals surface area contributed by atoms with E-state index in [2.05, 4.69) is 13.8 Å². The smallest absolute Gasteiger partial charge is 0.0581 e. The van der Waals surface area contributed by atoms with Crippen molar-refractivity contribution >= 4 is 0 Å². The average Bonchev–Trinajstić information content (AvgIpc) is 2.78. The van der Waals surface area contributed by atoms with Gasteiger partial charge in [0.05, 0.1) is 6.10 Å². The Labute approximate surface area is 124 Å². The number of aliphatic hydroxyl groups excluding tert-OH is 1. The predicted molar refractivity (Wildman–Crippen MR) is 82.4 cm³/mol. The fourth-order valence-corrected chi connectivity index (χ4v) is 7.43. The molecule has 0 amide bonds. The van der Waals surface area contributed by atoms with Crippen LogP contribution in [0.1, 0.15) is 78.1 Å². The van der Waals surface area contributed by atoms with Crippen LogP contribution in [0.4, 0.5) is 0 Å². The van der Waals surface area contributed by atoms with Crippen molar-refractivity contribution in [3.8, 4) is 0 Å². The third kappa shape index (κ3) is 1.71. The summed E-state index contributed by atoms with van der Waals surface area (Å²) in [5.74, 6) is 3.30. The standard InChI is InChI=1S/C19H32O/c1-18-10-5-7-15(18)14-9-8-13-6-3-4-11-19(13,2)17(14)16(20)12-18/h13-17,20H,3-12H2,1-2H3/t13-,14+,15-,16+,17+,18-,19+/m1/s1. The van der Waals surface area contributed by atoms with Gasteiger partial charge in [-0.1, -0.05) is 33.1 Å². The molecule has 0 saturated heterocycles. The highest BCUT2D eigenvalue weighted by Gasteiger charge is 2.60. The van der Waals surface area contributed by atoms with Gasteiger partial charge in [0.2, 0.25) is 0 Å². The Kier molecular flexibility index (Phi) is 3.05. The second kappa shape index (κ2) is 4.48. The van der Waals surface area contributed by atoms with Gasteiger partial charge in [0.1, 0.15) is 0 Å². The number of fused-ring (bicyclic) bond motifs is 5.